The second-order valence-corrected chi connectivity index (χ2v) is 8.04. The van der Waals surface area contributed by atoms with Gasteiger partial charge in [-0.05, 0) is 26.0 Å². The number of hydrogen-bond donors (Lipinski definition) is 1. The Morgan fingerprint density at radius 3 is 2.24 bits per heavy atom. The van der Waals surface area contributed by atoms with Gasteiger partial charge in [-0.3, -0.25) is 14.1 Å². The molecule has 7 nitrogen and oxygen atoms in total. The predicted octanol–water partition coefficient (Wildman–Crippen LogP) is 1.46. The maximum absolute atomic E-state index is 12.6. The summed E-state index contributed by atoms with van der Waals surface area (Å²) in [7, 11) is -8.61. The minimum atomic E-state index is -4.62. The molecule has 1 N–H and O–H groups in total. The monoisotopic (exact) mass is 331 g/mol. The Labute approximate surface area is 136 Å². The molecule has 116 valence electrons. The van der Waals surface area contributed by atoms with Crippen molar-refractivity contribution in [1.82, 2.24) is 4.98 Å². The van der Waals surface area contributed by atoms with E-state index in [0.29, 0.717) is 5.69 Å². The van der Waals surface area contributed by atoms with E-state index in [1.54, 1.807) is 32.0 Å². The molecule has 0 aliphatic rings. The number of nitrogens with zero attached hydrogens (tertiary/aromatic N) is 1. The van der Waals surface area contributed by atoms with Gasteiger partial charge in [0.05, 0.1) is 13.2 Å². The molecule has 0 spiro atoms. The van der Waals surface area contributed by atoms with Crippen molar-refractivity contribution in [1.29, 1.82) is 0 Å². The molecule has 0 aliphatic heterocycles. The van der Waals surface area contributed by atoms with Crippen LogP contribution in [0.2, 0.25) is 0 Å². The molecule has 1 rings (SSSR count). The van der Waals surface area contributed by atoms with Crippen molar-refractivity contribution in [2.24, 2.45) is 0 Å². The van der Waals surface area contributed by atoms with Gasteiger partial charge in [-0.25, -0.2) is 0 Å². The summed E-state index contributed by atoms with van der Waals surface area (Å²) < 4.78 is 54.9. The van der Waals surface area contributed by atoms with Crippen LogP contribution >= 0.6 is 7.60 Å². The Morgan fingerprint density at radius 2 is 1.86 bits per heavy atom. The molecule has 0 saturated carbocycles. The molecule has 0 aromatic carbocycles. The number of rotatable bonds is 8. The van der Waals surface area contributed by atoms with Crippen molar-refractivity contribution in [2.75, 3.05) is 13.2 Å². The summed E-state index contributed by atoms with van der Waals surface area (Å²) in [5, 5.41) is 0. The molecule has 0 bridgehead atoms. The van der Waals surface area contributed by atoms with Crippen molar-refractivity contribution in [3.8, 4) is 0 Å². The summed E-state index contributed by atoms with van der Waals surface area (Å²) in [6.07, 6.45) is 1.22. The fourth-order valence-electron chi connectivity index (χ4n) is 1.64. The maximum atomic E-state index is 12.6. The normalized spacial score (nSPS) is 13.5. The molecule has 1 unspecified atom stereocenters. The van der Waals surface area contributed by atoms with E-state index < -0.39 is 22.7 Å². The van der Waals surface area contributed by atoms with Crippen molar-refractivity contribution in [2.45, 2.75) is 25.3 Å². The molecule has 0 radical (unpaired) electrons. The molecule has 1 atom stereocenters. The van der Waals surface area contributed by atoms with Gasteiger partial charge in [-0.1, -0.05) is 6.07 Å². The molecule has 10 heteroatoms. The van der Waals surface area contributed by atoms with Crippen LogP contribution in [-0.2, 0) is 30.2 Å². The summed E-state index contributed by atoms with van der Waals surface area (Å²) in [5.74, 6) is 0. The van der Waals surface area contributed by atoms with E-state index in [4.69, 9.17) is 9.05 Å². The van der Waals surface area contributed by atoms with Crippen LogP contribution in [0.3, 0.4) is 0 Å². The molecule has 0 fully saturated rings. The summed E-state index contributed by atoms with van der Waals surface area (Å²) in [6, 6.07) is 4.90. The topological polar surface area (TPSA) is 103 Å². The van der Waals surface area contributed by atoms with E-state index in [2.05, 4.69) is 4.98 Å². The van der Waals surface area contributed by atoms with Crippen molar-refractivity contribution in [3.05, 3.63) is 30.1 Å². The van der Waals surface area contributed by atoms with Gasteiger partial charge in [0.2, 0.25) is 0 Å². The van der Waals surface area contributed by atoms with E-state index in [9.17, 15) is 17.5 Å². The Bertz CT molecular complexity index is 557. The van der Waals surface area contributed by atoms with E-state index in [-0.39, 0.29) is 38.5 Å². The first-order valence-corrected chi connectivity index (χ1v) is 9.20. The first kappa shape index (κ1) is 20.8. The van der Waals surface area contributed by atoms with Crippen LogP contribution in [0.25, 0.3) is 0 Å². The van der Waals surface area contributed by atoms with Gasteiger partial charge in [-0.2, -0.15) is 8.42 Å². The average molecular weight is 331 g/mol. The Kier molecular flexibility index (Phi) is 8.98. The zero-order chi connectivity index (χ0) is 15.2. The van der Waals surface area contributed by atoms with Crippen LogP contribution < -0.4 is 0 Å². The van der Waals surface area contributed by atoms with Crippen LogP contribution in [0.4, 0.5) is 0 Å². The SMILES string of the molecule is CCOP(=O)(OCC)C(Cc1ccccn1)S(=O)(=O)O.[LiH]. The average Bonchev–Trinajstić information content (AvgIpc) is 2.36. The van der Waals surface area contributed by atoms with Crippen molar-refractivity contribution >= 4 is 36.6 Å². The third-order valence-corrected chi connectivity index (χ3v) is 6.98. The quantitative estimate of drug-likeness (QED) is 0.437. The molecule has 0 amide bonds. The van der Waals surface area contributed by atoms with Gasteiger partial charge >= 0.3 is 26.5 Å². The standard InChI is InChI=1S/C11H18NO6PS.Li.H/c1-3-17-19(13,18-4-2)11(20(14,15)16)9-10-7-5-6-8-12-10;;/h5-8,11H,3-4,9H2,1-2H3,(H,14,15,16);;. The third-order valence-electron chi connectivity index (χ3n) is 2.42. The van der Waals surface area contributed by atoms with Gasteiger partial charge in [-0.15, -0.1) is 0 Å². The van der Waals surface area contributed by atoms with Crippen LogP contribution in [-0.4, -0.2) is 55.0 Å². The van der Waals surface area contributed by atoms with Gasteiger partial charge in [0.15, 0.2) is 4.99 Å². The molecular formula is C11H19LiNO6PS. The van der Waals surface area contributed by atoms with Crippen molar-refractivity contribution in [3.63, 3.8) is 0 Å². The fraction of sp³-hybridized carbons (Fsp3) is 0.545. The number of aromatic nitrogens is 1. The summed E-state index contributed by atoms with van der Waals surface area (Å²) in [4.78, 5) is 2.27. The molecule has 1 aromatic heterocycles. The van der Waals surface area contributed by atoms with Crippen LogP contribution in [0.5, 0.6) is 0 Å². The predicted molar refractivity (Wildman–Crippen MR) is 81.3 cm³/mol. The third kappa shape index (κ3) is 6.21. The van der Waals surface area contributed by atoms with Gasteiger partial charge in [0.1, 0.15) is 0 Å². The summed E-state index contributed by atoms with van der Waals surface area (Å²) in [5.41, 5.74) is 0.370. The van der Waals surface area contributed by atoms with Crippen LogP contribution in [0, 0.1) is 0 Å². The molecule has 0 saturated heterocycles. The molecule has 1 heterocycles. The molecule has 21 heavy (non-hydrogen) atoms. The van der Waals surface area contributed by atoms with E-state index in [1.165, 1.54) is 6.20 Å². The molecule has 0 aliphatic carbocycles. The Morgan fingerprint density at radius 1 is 1.29 bits per heavy atom. The van der Waals surface area contributed by atoms with Crippen LogP contribution in [0.15, 0.2) is 24.4 Å². The Balaban J connectivity index is 0.00000400. The first-order chi connectivity index (χ1) is 9.33. The van der Waals surface area contributed by atoms with Gasteiger partial charge in [0, 0.05) is 18.3 Å². The van der Waals surface area contributed by atoms with E-state index in [1.807, 2.05) is 0 Å². The second-order valence-electron chi connectivity index (χ2n) is 3.87. The Hall–Kier alpha value is -0.193. The van der Waals surface area contributed by atoms with Gasteiger partial charge < -0.3 is 9.05 Å². The molecule has 1 aromatic rings. The van der Waals surface area contributed by atoms with E-state index in [0.717, 1.165) is 0 Å². The summed E-state index contributed by atoms with van der Waals surface area (Å²) >= 11 is 0. The van der Waals surface area contributed by atoms with Crippen LogP contribution in [0.1, 0.15) is 19.5 Å². The number of hydrogen-bond acceptors (Lipinski definition) is 6. The second kappa shape index (κ2) is 9.06. The van der Waals surface area contributed by atoms with E-state index >= 15 is 0 Å². The van der Waals surface area contributed by atoms with Crippen molar-refractivity contribution < 1.29 is 26.6 Å². The van der Waals surface area contributed by atoms with Gasteiger partial charge in [0.25, 0.3) is 10.1 Å². The summed E-state index contributed by atoms with van der Waals surface area (Å²) in [6.45, 7) is 3.14. The fourth-order valence-corrected chi connectivity index (χ4v) is 5.23. The first-order valence-electron chi connectivity index (χ1n) is 6.08. The zero-order valence-electron chi connectivity index (χ0n) is 11.3. The molecular weight excluding hydrogens is 312 g/mol. The zero-order valence-corrected chi connectivity index (χ0v) is 13.0. The number of pyridine rings is 1. The minimum absolute atomic E-state index is 0.